The molecule has 3 heteroatoms. The molecule has 1 unspecified atom stereocenters. The van der Waals surface area contributed by atoms with Crippen LogP contribution >= 0.6 is 0 Å². The minimum Gasteiger partial charge on any atom is -0.461 e. The summed E-state index contributed by atoms with van der Waals surface area (Å²) < 4.78 is 11.0. The SMILES string of the molecule is CCCC(COC)NCc1c(C)oc2ccccc12. The first kappa shape index (κ1) is 14.1. The molecule has 0 amide bonds. The van der Waals surface area contributed by atoms with Gasteiger partial charge >= 0.3 is 0 Å². The van der Waals surface area contributed by atoms with Crippen molar-refractivity contribution < 1.29 is 9.15 Å². The van der Waals surface area contributed by atoms with Crippen molar-refractivity contribution in [1.29, 1.82) is 0 Å². The van der Waals surface area contributed by atoms with E-state index in [0.29, 0.717) is 6.04 Å². The van der Waals surface area contributed by atoms with Gasteiger partial charge in [0.25, 0.3) is 0 Å². The molecular weight excluding hydrogens is 238 g/mol. The number of benzene rings is 1. The molecule has 0 radical (unpaired) electrons. The smallest absolute Gasteiger partial charge is 0.134 e. The maximum absolute atomic E-state index is 5.78. The monoisotopic (exact) mass is 261 g/mol. The molecule has 19 heavy (non-hydrogen) atoms. The minimum absolute atomic E-state index is 0.406. The van der Waals surface area contributed by atoms with Crippen molar-refractivity contribution in [2.75, 3.05) is 13.7 Å². The van der Waals surface area contributed by atoms with Gasteiger partial charge in [-0.1, -0.05) is 31.5 Å². The molecule has 3 nitrogen and oxygen atoms in total. The number of furan rings is 1. The predicted molar refractivity (Wildman–Crippen MR) is 78.4 cm³/mol. The van der Waals surface area contributed by atoms with Gasteiger partial charge in [-0.2, -0.15) is 0 Å². The zero-order chi connectivity index (χ0) is 13.7. The van der Waals surface area contributed by atoms with Crippen LogP contribution in [0.2, 0.25) is 0 Å². The topological polar surface area (TPSA) is 34.4 Å². The molecule has 0 saturated carbocycles. The molecule has 1 aromatic heterocycles. The van der Waals surface area contributed by atoms with E-state index in [1.807, 2.05) is 19.1 Å². The number of methoxy groups -OCH3 is 1. The molecule has 0 spiro atoms. The van der Waals surface area contributed by atoms with E-state index in [9.17, 15) is 0 Å². The van der Waals surface area contributed by atoms with E-state index >= 15 is 0 Å². The van der Waals surface area contributed by atoms with Gasteiger partial charge in [-0.25, -0.2) is 0 Å². The maximum Gasteiger partial charge on any atom is 0.134 e. The first-order chi connectivity index (χ1) is 9.26. The first-order valence-corrected chi connectivity index (χ1v) is 6.95. The number of nitrogens with one attached hydrogen (secondary N) is 1. The van der Waals surface area contributed by atoms with Gasteiger partial charge in [0, 0.05) is 30.6 Å². The van der Waals surface area contributed by atoms with E-state index in [-0.39, 0.29) is 0 Å². The molecule has 1 aromatic carbocycles. The van der Waals surface area contributed by atoms with E-state index in [1.165, 1.54) is 10.9 Å². The van der Waals surface area contributed by atoms with E-state index in [0.717, 1.165) is 37.3 Å². The van der Waals surface area contributed by atoms with Crippen molar-refractivity contribution in [2.45, 2.75) is 39.3 Å². The van der Waals surface area contributed by atoms with Gasteiger partial charge in [-0.05, 0) is 19.4 Å². The lowest BCUT2D eigenvalue weighted by atomic mass is 10.1. The predicted octanol–water partition coefficient (Wildman–Crippen LogP) is 3.65. The van der Waals surface area contributed by atoms with Crippen LogP contribution in [0.25, 0.3) is 11.0 Å². The number of hydrogen-bond acceptors (Lipinski definition) is 3. The van der Waals surface area contributed by atoms with Gasteiger partial charge in [-0.15, -0.1) is 0 Å². The average Bonchev–Trinajstić information content (AvgIpc) is 2.72. The van der Waals surface area contributed by atoms with Gasteiger partial charge in [0.1, 0.15) is 11.3 Å². The molecule has 2 rings (SSSR count). The third kappa shape index (κ3) is 3.37. The molecule has 1 atom stereocenters. The van der Waals surface area contributed by atoms with Gasteiger partial charge < -0.3 is 14.5 Å². The summed E-state index contributed by atoms with van der Waals surface area (Å²) >= 11 is 0. The third-order valence-corrected chi connectivity index (χ3v) is 3.47. The molecule has 0 saturated heterocycles. The lowest BCUT2D eigenvalue weighted by molar-refractivity contribution is 0.161. The van der Waals surface area contributed by atoms with E-state index in [1.54, 1.807) is 7.11 Å². The Labute approximate surface area is 114 Å². The summed E-state index contributed by atoms with van der Waals surface area (Å²) in [4.78, 5) is 0. The Morgan fingerprint density at radius 2 is 2.11 bits per heavy atom. The second-order valence-corrected chi connectivity index (χ2v) is 4.95. The molecule has 2 aromatic rings. The van der Waals surface area contributed by atoms with Gasteiger partial charge in [0.15, 0.2) is 0 Å². The highest BCUT2D eigenvalue weighted by atomic mass is 16.5. The number of para-hydroxylation sites is 1. The Morgan fingerprint density at radius 1 is 1.32 bits per heavy atom. The van der Waals surface area contributed by atoms with Crippen LogP contribution in [-0.2, 0) is 11.3 Å². The average molecular weight is 261 g/mol. The second-order valence-electron chi connectivity index (χ2n) is 4.95. The fourth-order valence-electron chi connectivity index (χ4n) is 2.48. The molecule has 0 aliphatic rings. The van der Waals surface area contributed by atoms with Crippen molar-refractivity contribution in [1.82, 2.24) is 5.32 Å². The number of aryl methyl sites for hydroxylation is 1. The zero-order valence-corrected chi connectivity index (χ0v) is 12.0. The number of rotatable bonds is 7. The highest BCUT2D eigenvalue weighted by Crippen LogP contribution is 2.25. The zero-order valence-electron chi connectivity index (χ0n) is 12.0. The normalized spacial score (nSPS) is 13.0. The summed E-state index contributed by atoms with van der Waals surface area (Å²) in [6.45, 7) is 5.81. The molecule has 0 aliphatic carbocycles. The lowest BCUT2D eigenvalue weighted by Gasteiger charge is -2.17. The lowest BCUT2D eigenvalue weighted by Crippen LogP contribution is -2.32. The third-order valence-electron chi connectivity index (χ3n) is 3.47. The fraction of sp³-hybridized carbons (Fsp3) is 0.500. The molecule has 1 heterocycles. The first-order valence-electron chi connectivity index (χ1n) is 6.95. The highest BCUT2D eigenvalue weighted by Gasteiger charge is 2.12. The van der Waals surface area contributed by atoms with Crippen LogP contribution in [0.3, 0.4) is 0 Å². The number of hydrogen-bond donors (Lipinski definition) is 1. The van der Waals surface area contributed by atoms with Gasteiger partial charge in [-0.3, -0.25) is 0 Å². The van der Waals surface area contributed by atoms with Gasteiger partial charge in [0.2, 0.25) is 0 Å². The Kier molecular flexibility index (Phi) is 5.00. The molecule has 104 valence electrons. The maximum atomic E-state index is 5.78. The van der Waals surface area contributed by atoms with Crippen molar-refractivity contribution >= 4 is 11.0 Å². The Bertz CT molecular complexity index is 512. The summed E-state index contributed by atoms with van der Waals surface area (Å²) in [6.07, 6.45) is 2.29. The second kappa shape index (κ2) is 6.73. The van der Waals surface area contributed by atoms with Crippen LogP contribution in [-0.4, -0.2) is 19.8 Å². The largest absolute Gasteiger partial charge is 0.461 e. The summed E-state index contributed by atoms with van der Waals surface area (Å²) in [5, 5.41) is 4.78. The van der Waals surface area contributed by atoms with Crippen molar-refractivity contribution in [2.24, 2.45) is 0 Å². The standard InChI is InChI=1S/C16H23NO2/c1-4-7-13(11-18-3)17-10-15-12(2)19-16-9-6-5-8-14(15)16/h5-6,8-9,13,17H,4,7,10-11H2,1-3H3. The van der Waals surface area contributed by atoms with Crippen molar-refractivity contribution in [3.8, 4) is 0 Å². The van der Waals surface area contributed by atoms with Crippen LogP contribution in [0, 0.1) is 6.92 Å². The summed E-state index contributed by atoms with van der Waals surface area (Å²) in [5.41, 5.74) is 2.23. The van der Waals surface area contributed by atoms with Crippen molar-refractivity contribution in [3.05, 3.63) is 35.6 Å². The molecular formula is C16H23NO2. The van der Waals surface area contributed by atoms with Crippen molar-refractivity contribution in [3.63, 3.8) is 0 Å². The fourth-order valence-corrected chi connectivity index (χ4v) is 2.48. The highest BCUT2D eigenvalue weighted by molar-refractivity contribution is 5.82. The van der Waals surface area contributed by atoms with Crippen LogP contribution in [0.4, 0.5) is 0 Å². The number of ether oxygens (including phenoxy) is 1. The summed E-state index contributed by atoms with van der Waals surface area (Å²) in [6, 6.07) is 8.61. The quantitative estimate of drug-likeness (QED) is 0.826. The molecule has 0 bridgehead atoms. The Morgan fingerprint density at radius 3 is 2.84 bits per heavy atom. The van der Waals surface area contributed by atoms with E-state index in [4.69, 9.17) is 9.15 Å². The molecule has 0 aliphatic heterocycles. The summed E-state index contributed by atoms with van der Waals surface area (Å²) in [7, 11) is 1.75. The van der Waals surface area contributed by atoms with E-state index in [2.05, 4.69) is 24.4 Å². The summed E-state index contributed by atoms with van der Waals surface area (Å²) in [5.74, 6) is 1.00. The minimum atomic E-state index is 0.406. The van der Waals surface area contributed by atoms with Crippen LogP contribution in [0.1, 0.15) is 31.1 Å². The Hall–Kier alpha value is -1.32. The van der Waals surface area contributed by atoms with Crippen LogP contribution < -0.4 is 5.32 Å². The van der Waals surface area contributed by atoms with E-state index < -0.39 is 0 Å². The number of fused-ring (bicyclic) bond motifs is 1. The molecule has 1 N–H and O–H groups in total. The van der Waals surface area contributed by atoms with Crippen LogP contribution in [0.15, 0.2) is 28.7 Å². The Balaban J connectivity index is 2.10. The molecule has 0 fully saturated rings. The van der Waals surface area contributed by atoms with Gasteiger partial charge in [0.05, 0.1) is 6.61 Å². The van der Waals surface area contributed by atoms with Crippen LogP contribution in [0.5, 0.6) is 0 Å².